The Morgan fingerprint density at radius 3 is 2.24 bits per heavy atom. The largest absolute Gasteiger partial charge is 0.741 e. The lowest BCUT2D eigenvalue weighted by Crippen LogP contribution is -2.36. The molecule has 0 atom stereocenters. The molecule has 4 nitrogen and oxygen atoms in total. The van der Waals surface area contributed by atoms with E-state index >= 15 is 0 Å². The van der Waals surface area contributed by atoms with Crippen molar-refractivity contribution in [3.05, 3.63) is 48.8 Å². The van der Waals surface area contributed by atoms with Gasteiger partial charge in [-0.05, 0) is 13.0 Å². The third-order valence-electron chi connectivity index (χ3n) is 2.27. The average molecular weight is 323 g/mol. The molecule has 0 radical (unpaired) electrons. The molecular formula is C13H16F3NO3S. The molecule has 0 bridgehead atoms. The minimum atomic E-state index is -6.09. The van der Waals surface area contributed by atoms with E-state index in [0.717, 1.165) is 18.7 Å². The summed E-state index contributed by atoms with van der Waals surface area (Å²) >= 11 is 0. The van der Waals surface area contributed by atoms with Gasteiger partial charge in [0.1, 0.15) is 0 Å². The van der Waals surface area contributed by atoms with Gasteiger partial charge in [0.25, 0.3) is 0 Å². The van der Waals surface area contributed by atoms with Gasteiger partial charge in [0.2, 0.25) is 5.69 Å². The van der Waals surface area contributed by atoms with Crippen molar-refractivity contribution in [1.29, 1.82) is 0 Å². The highest BCUT2D eigenvalue weighted by atomic mass is 32.2. The number of hydrogen-bond donors (Lipinski definition) is 0. The molecule has 8 heteroatoms. The zero-order valence-electron chi connectivity index (χ0n) is 11.4. The van der Waals surface area contributed by atoms with Crippen LogP contribution in [0.2, 0.25) is 0 Å². The Balaban J connectivity index is 0.000000433. The monoisotopic (exact) mass is 323 g/mol. The SMILES string of the molecule is C=CCC[n+]1cc(C)ccc1C=C.O=S(=O)([O-])C(F)(F)F. The molecule has 21 heavy (non-hydrogen) atoms. The Labute approximate surface area is 122 Å². The van der Waals surface area contributed by atoms with Gasteiger partial charge >= 0.3 is 5.51 Å². The maximum atomic E-state index is 10.7. The molecule has 0 aliphatic heterocycles. The maximum Gasteiger partial charge on any atom is 0.485 e. The van der Waals surface area contributed by atoms with Crippen LogP contribution in [0, 0.1) is 6.92 Å². The molecule has 1 aromatic heterocycles. The lowest BCUT2D eigenvalue weighted by molar-refractivity contribution is -0.698. The Kier molecular flexibility index (Phi) is 7.31. The average Bonchev–Trinajstić information content (AvgIpc) is 2.35. The molecule has 0 fully saturated rings. The fourth-order valence-electron chi connectivity index (χ4n) is 1.29. The molecule has 0 saturated heterocycles. The van der Waals surface area contributed by atoms with Crippen molar-refractivity contribution in [3.63, 3.8) is 0 Å². The molecule has 0 aliphatic carbocycles. The Hall–Kier alpha value is -1.67. The Morgan fingerprint density at radius 1 is 1.33 bits per heavy atom. The van der Waals surface area contributed by atoms with Gasteiger partial charge in [0.05, 0.1) is 0 Å². The number of alkyl halides is 3. The first-order chi connectivity index (χ1) is 9.52. The predicted octanol–water partition coefficient (Wildman–Crippen LogP) is 2.55. The van der Waals surface area contributed by atoms with Gasteiger partial charge in [-0.15, -0.1) is 6.58 Å². The zero-order chi connectivity index (χ0) is 16.7. The number of hydrogen-bond acceptors (Lipinski definition) is 3. The van der Waals surface area contributed by atoms with Crippen LogP contribution in [0.5, 0.6) is 0 Å². The van der Waals surface area contributed by atoms with Crippen LogP contribution in [-0.4, -0.2) is 18.5 Å². The van der Waals surface area contributed by atoms with E-state index in [4.69, 9.17) is 13.0 Å². The maximum absolute atomic E-state index is 10.7. The van der Waals surface area contributed by atoms with Gasteiger partial charge in [0, 0.05) is 24.1 Å². The summed E-state index contributed by atoms with van der Waals surface area (Å²) in [5.74, 6) is 0. The van der Waals surface area contributed by atoms with Crippen molar-refractivity contribution in [2.75, 3.05) is 0 Å². The highest BCUT2D eigenvalue weighted by Gasteiger charge is 2.36. The van der Waals surface area contributed by atoms with Crippen LogP contribution in [-0.2, 0) is 16.7 Å². The van der Waals surface area contributed by atoms with Crippen molar-refractivity contribution in [1.82, 2.24) is 0 Å². The topological polar surface area (TPSA) is 61.1 Å². The van der Waals surface area contributed by atoms with Crippen LogP contribution in [0.25, 0.3) is 6.08 Å². The molecule has 0 aromatic carbocycles. The number of halogens is 3. The van der Waals surface area contributed by atoms with E-state index in [-0.39, 0.29) is 0 Å². The van der Waals surface area contributed by atoms with Crippen molar-refractivity contribution in [2.24, 2.45) is 0 Å². The van der Waals surface area contributed by atoms with Crippen LogP contribution >= 0.6 is 0 Å². The summed E-state index contributed by atoms with van der Waals surface area (Å²) in [6, 6.07) is 4.19. The van der Waals surface area contributed by atoms with Gasteiger partial charge in [-0.3, -0.25) is 0 Å². The summed E-state index contributed by atoms with van der Waals surface area (Å²) in [7, 11) is -6.09. The molecule has 1 rings (SSSR count). The number of allylic oxidation sites excluding steroid dienone is 1. The predicted molar refractivity (Wildman–Crippen MR) is 72.0 cm³/mol. The van der Waals surface area contributed by atoms with Crippen LogP contribution in [0.3, 0.4) is 0 Å². The lowest BCUT2D eigenvalue weighted by atomic mass is 10.2. The van der Waals surface area contributed by atoms with Crippen LogP contribution in [0.1, 0.15) is 17.7 Å². The van der Waals surface area contributed by atoms with Gasteiger partial charge < -0.3 is 4.55 Å². The second-order valence-corrected chi connectivity index (χ2v) is 5.38. The molecule has 118 valence electrons. The number of pyridine rings is 1. The standard InChI is InChI=1S/C12H16N.CHF3O3S/c1-4-6-9-13-10-11(3)7-8-12(13)5-2;2-1(3,4)8(5,6)7/h4-5,7-8,10H,1-2,6,9H2,3H3;(H,5,6,7)/q+1;/p-1. The van der Waals surface area contributed by atoms with E-state index in [1.165, 1.54) is 5.56 Å². The Bertz CT molecular complexity index is 595. The number of aromatic nitrogens is 1. The zero-order valence-corrected chi connectivity index (χ0v) is 12.2. The third kappa shape index (κ3) is 7.05. The first-order valence-electron chi connectivity index (χ1n) is 5.78. The van der Waals surface area contributed by atoms with Gasteiger partial charge in [-0.25, -0.2) is 8.42 Å². The second-order valence-electron chi connectivity index (χ2n) is 4.01. The molecule has 1 aromatic rings. The molecule has 0 N–H and O–H groups in total. The number of rotatable bonds is 4. The molecule has 1 heterocycles. The van der Waals surface area contributed by atoms with E-state index in [1.54, 1.807) is 0 Å². The van der Waals surface area contributed by atoms with Crippen molar-refractivity contribution >= 4 is 16.2 Å². The highest BCUT2D eigenvalue weighted by Crippen LogP contribution is 2.20. The summed E-state index contributed by atoms with van der Waals surface area (Å²) < 4.78 is 61.1. The fraction of sp³-hybridized carbons (Fsp3) is 0.308. The second kappa shape index (κ2) is 7.94. The van der Waals surface area contributed by atoms with Crippen LogP contribution in [0.4, 0.5) is 13.2 Å². The lowest BCUT2D eigenvalue weighted by Gasteiger charge is -2.08. The summed E-state index contributed by atoms with van der Waals surface area (Å²) in [4.78, 5) is 0. The van der Waals surface area contributed by atoms with E-state index in [9.17, 15) is 13.2 Å². The molecule has 0 aliphatic rings. The van der Waals surface area contributed by atoms with Gasteiger partial charge in [-0.1, -0.05) is 12.7 Å². The third-order valence-corrected chi connectivity index (χ3v) is 2.84. The summed E-state index contributed by atoms with van der Waals surface area (Å²) in [6.45, 7) is 10.6. The van der Waals surface area contributed by atoms with E-state index in [1.807, 2.05) is 12.2 Å². The van der Waals surface area contributed by atoms with Gasteiger partial charge in [-0.2, -0.15) is 17.7 Å². The molecule has 0 unspecified atom stereocenters. The molecule has 0 saturated carbocycles. The molecule has 0 amide bonds. The first kappa shape index (κ1) is 19.3. The minimum absolute atomic E-state index is 0.979. The summed E-state index contributed by atoms with van der Waals surface area (Å²) in [5.41, 5.74) is -3.21. The molecular weight excluding hydrogens is 307 g/mol. The van der Waals surface area contributed by atoms with Crippen molar-refractivity contribution in [3.8, 4) is 0 Å². The number of aryl methyl sites for hydroxylation is 2. The normalized spacial score (nSPS) is 11.3. The van der Waals surface area contributed by atoms with E-state index in [0.29, 0.717) is 0 Å². The minimum Gasteiger partial charge on any atom is -0.741 e. The van der Waals surface area contributed by atoms with E-state index < -0.39 is 15.6 Å². The Morgan fingerprint density at radius 2 is 1.86 bits per heavy atom. The quantitative estimate of drug-likeness (QED) is 0.370. The number of nitrogens with zero attached hydrogens (tertiary/aromatic N) is 1. The summed E-state index contributed by atoms with van der Waals surface area (Å²) in [6.07, 6.45) is 6.94. The van der Waals surface area contributed by atoms with Crippen molar-refractivity contribution in [2.45, 2.75) is 25.4 Å². The molecule has 0 spiro atoms. The van der Waals surface area contributed by atoms with Gasteiger partial charge in [0.15, 0.2) is 22.9 Å². The van der Waals surface area contributed by atoms with Crippen molar-refractivity contribution < 1.29 is 30.7 Å². The summed E-state index contributed by atoms with van der Waals surface area (Å²) in [5, 5.41) is 0. The van der Waals surface area contributed by atoms with Crippen LogP contribution < -0.4 is 4.57 Å². The first-order valence-corrected chi connectivity index (χ1v) is 7.19. The fourth-order valence-corrected chi connectivity index (χ4v) is 1.29. The highest BCUT2D eigenvalue weighted by molar-refractivity contribution is 7.86. The van der Waals surface area contributed by atoms with E-state index in [2.05, 4.69) is 43.0 Å². The van der Waals surface area contributed by atoms with Crippen LogP contribution in [0.15, 0.2) is 37.6 Å². The smallest absolute Gasteiger partial charge is 0.485 e.